The SMILES string of the molecule is CN(CCCNC(=O)[C@@H]1C[C@H](c2ccccc2)N2CCC[C@@H]12)C1CCCC1. The number of nitrogens with one attached hydrogen (secondary N) is 1. The summed E-state index contributed by atoms with van der Waals surface area (Å²) in [6.07, 6.45) is 9.90. The molecule has 3 atom stereocenters. The lowest BCUT2D eigenvalue weighted by Gasteiger charge is -2.25. The van der Waals surface area contributed by atoms with Gasteiger partial charge in [0.2, 0.25) is 5.91 Å². The summed E-state index contributed by atoms with van der Waals surface area (Å²) in [5.74, 6) is 0.444. The first-order chi connectivity index (χ1) is 13.2. The number of benzene rings is 1. The van der Waals surface area contributed by atoms with E-state index in [0.717, 1.165) is 38.5 Å². The van der Waals surface area contributed by atoms with E-state index >= 15 is 0 Å². The zero-order valence-electron chi connectivity index (χ0n) is 16.8. The summed E-state index contributed by atoms with van der Waals surface area (Å²) in [7, 11) is 2.25. The predicted molar refractivity (Wildman–Crippen MR) is 110 cm³/mol. The number of fused-ring (bicyclic) bond motifs is 1. The monoisotopic (exact) mass is 369 g/mol. The van der Waals surface area contributed by atoms with Crippen LogP contribution >= 0.6 is 0 Å². The molecule has 4 rings (SSSR count). The lowest BCUT2D eigenvalue weighted by atomic mass is 9.93. The van der Waals surface area contributed by atoms with Crippen LogP contribution in [0, 0.1) is 5.92 Å². The molecule has 1 saturated carbocycles. The third kappa shape index (κ3) is 4.22. The Morgan fingerprint density at radius 3 is 2.70 bits per heavy atom. The number of carbonyl (C=O) groups excluding carboxylic acids is 1. The predicted octanol–water partition coefficient (Wildman–Crippen LogP) is 3.59. The molecule has 2 aliphatic heterocycles. The molecule has 0 unspecified atom stereocenters. The molecule has 27 heavy (non-hydrogen) atoms. The first kappa shape index (κ1) is 18.9. The molecule has 0 bridgehead atoms. The Kier molecular flexibility index (Phi) is 6.14. The van der Waals surface area contributed by atoms with Gasteiger partial charge in [0.15, 0.2) is 0 Å². The average molecular weight is 370 g/mol. The number of amides is 1. The minimum atomic E-state index is 0.158. The minimum absolute atomic E-state index is 0.158. The van der Waals surface area contributed by atoms with Gasteiger partial charge in [-0.15, -0.1) is 0 Å². The maximum absolute atomic E-state index is 12.9. The van der Waals surface area contributed by atoms with Gasteiger partial charge in [-0.3, -0.25) is 9.69 Å². The molecule has 2 heterocycles. The van der Waals surface area contributed by atoms with Crippen LogP contribution in [0.5, 0.6) is 0 Å². The first-order valence-corrected chi connectivity index (χ1v) is 11.0. The molecule has 1 aromatic rings. The molecule has 0 spiro atoms. The third-order valence-electron chi connectivity index (χ3n) is 7.14. The van der Waals surface area contributed by atoms with Crippen LogP contribution in [-0.2, 0) is 4.79 Å². The summed E-state index contributed by atoms with van der Waals surface area (Å²) < 4.78 is 0. The zero-order chi connectivity index (χ0) is 18.6. The van der Waals surface area contributed by atoms with Crippen molar-refractivity contribution < 1.29 is 4.79 Å². The van der Waals surface area contributed by atoms with Crippen LogP contribution in [0.15, 0.2) is 30.3 Å². The highest BCUT2D eigenvalue weighted by atomic mass is 16.2. The standard InChI is InChI=1S/C23H35N3O/c1-25(19-11-5-6-12-19)15-8-14-24-23(27)20-17-22(18-9-3-2-4-10-18)26-16-7-13-21(20)26/h2-4,9-10,19-22H,5-8,11-17H2,1H3,(H,24,27)/t20-,21+,22-/m1/s1. The number of nitrogens with zero attached hydrogens (tertiary/aromatic N) is 2. The molecule has 1 N–H and O–H groups in total. The van der Waals surface area contributed by atoms with Crippen molar-refractivity contribution in [3.05, 3.63) is 35.9 Å². The van der Waals surface area contributed by atoms with Crippen LogP contribution in [0.4, 0.5) is 0 Å². The van der Waals surface area contributed by atoms with Gasteiger partial charge in [0.25, 0.3) is 0 Å². The Morgan fingerprint density at radius 2 is 1.93 bits per heavy atom. The molecule has 1 aromatic carbocycles. The lowest BCUT2D eigenvalue weighted by Crippen LogP contribution is -2.39. The van der Waals surface area contributed by atoms with Crippen LogP contribution in [0.3, 0.4) is 0 Å². The summed E-state index contributed by atoms with van der Waals surface area (Å²) in [6, 6.07) is 12.4. The van der Waals surface area contributed by atoms with Crippen LogP contribution in [0.2, 0.25) is 0 Å². The third-order valence-corrected chi connectivity index (χ3v) is 7.14. The zero-order valence-corrected chi connectivity index (χ0v) is 16.8. The van der Waals surface area contributed by atoms with Gasteiger partial charge in [0.05, 0.1) is 5.92 Å². The Balaban J connectivity index is 1.27. The Bertz CT molecular complexity index is 613. The van der Waals surface area contributed by atoms with E-state index in [9.17, 15) is 4.79 Å². The van der Waals surface area contributed by atoms with Crippen molar-refractivity contribution in [1.29, 1.82) is 0 Å². The highest BCUT2D eigenvalue weighted by Gasteiger charge is 2.46. The van der Waals surface area contributed by atoms with Gasteiger partial charge < -0.3 is 10.2 Å². The largest absolute Gasteiger partial charge is 0.356 e. The van der Waals surface area contributed by atoms with E-state index in [1.165, 1.54) is 44.1 Å². The number of rotatable bonds is 7. The van der Waals surface area contributed by atoms with Gasteiger partial charge in [-0.25, -0.2) is 0 Å². The van der Waals surface area contributed by atoms with Crippen molar-refractivity contribution in [2.24, 2.45) is 5.92 Å². The fourth-order valence-corrected chi connectivity index (χ4v) is 5.65. The second kappa shape index (κ2) is 8.74. The molecule has 2 saturated heterocycles. The van der Waals surface area contributed by atoms with Crippen molar-refractivity contribution in [3.8, 4) is 0 Å². The second-order valence-corrected chi connectivity index (χ2v) is 8.78. The van der Waals surface area contributed by atoms with Gasteiger partial charge in [-0.1, -0.05) is 43.2 Å². The van der Waals surface area contributed by atoms with E-state index in [2.05, 4.69) is 52.5 Å². The first-order valence-electron chi connectivity index (χ1n) is 11.0. The minimum Gasteiger partial charge on any atom is -0.356 e. The summed E-state index contributed by atoms with van der Waals surface area (Å²) in [4.78, 5) is 18.0. The molecule has 3 aliphatic rings. The fraction of sp³-hybridized carbons (Fsp3) is 0.696. The molecule has 148 valence electrons. The van der Waals surface area contributed by atoms with Crippen molar-refractivity contribution in [3.63, 3.8) is 0 Å². The molecule has 4 nitrogen and oxygen atoms in total. The highest BCUT2D eigenvalue weighted by Crippen LogP contribution is 2.44. The smallest absolute Gasteiger partial charge is 0.224 e. The van der Waals surface area contributed by atoms with Gasteiger partial charge >= 0.3 is 0 Å². The summed E-state index contributed by atoms with van der Waals surface area (Å²) in [5.41, 5.74) is 1.37. The molecule has 1 amide bonds. The maximum Gasteiger partial charge on any atom is 0.224 e. The molecule has 3 fully saturated rings. The normalized spacial score (nSPS) is 28.7. The number of carbonyl (C=O) groups is 1. The quantitative estimate of drug-likeness (QED) is 0.746. The van der Waals surface area contributed by atoms with Gasteiger partial charge in [-0.2, -0.15) is 0 Å². The van der Waals surface area contributed by atoms with E-state index in [4.69, 9.17) is 0 Å². The number of hydrogen-bond donors (Lipinski definition) is 1. The summed E-state index contributed by atoms with van der Waals surface area (Å²) >= 11 is 0. The Morgan fingerprint density at radius 1 is 1.15 bits per heavy atom. The molecular weight excluding hydrogens is 334 g/mol. The van der Waals surface area contributed by atoms with Crippen LogP contribution in [-0.4, -0.2) is 54.5 Å². The van der Waals surface area contributed by atoms with Crippen molar-refractivity contribution in [2.75, 3.05) is 26.7 Å². The summed E-state index contributed by atoms with van der Waals surface area (Å²) in [5, 5.41) is 3.26. The number of hydrogen-bond acceptors (Lipinski definition) is 3. The molecular formula is C23H35N3O. The van der Waals surface area contributed by atoms with Crippen LogP contribution < -0.4 is 5.32 Å². The second-order valence-electron chi connectivity index (χ2n) is 8.78. The van der Waals surface area contributed by atoms with E-state index in [0.29, 0.717) is 12.1 Å². The molecule has 0 radical (unpaired) electrons. The molecule has 1 aliphatic carbocycles. The molecule has 0 aromatic heterocycles. The topological polar surface area (TPSA) is 35.6 Å². The van der Waals surface area contributed by atoms with Crippen molar-refractivity contribution in [1.82, 2.24) is 15.1 Å². The highest BCUT2D eigenvalue weighted by molar-refractivity contribution is 5.80. The Labute approximate surface area is 164 Å². The fourth-order valence-electron chi connectivity index (χ4n) is 5.65. The van der Waals surface area contributed by atoms with Crippen LogP contribution in [0.1, 0.15) is 63.0 Å². The van der Waals surface area contributed by atoms with Crippen molar-refractivity contribution in [2.45, 2.75) is 69.5 Å². The van der Waals surface area contributed by atoms with E-state index in [1.807, 2.05) is 0 Å². The van der Waals surface area contributed by atoms with E-state index in [1.54, 1.807) is 0 Å². The van der Waals surface area contributed by atoms with Crippen LogP contribution in [0.25, 0.3) is 0 Å². The Hall–Kier alpha value is -1.39. The van der Waals surface area contributed by atoms with E-state index in [-0.39, 0.29) is 11.8 Å². The maximum atomic E-state index is 12.9. The van der Waals surface area contributed by atoms with Crippen molar-refractivity contribution >= 4 is 5.91 Å². The lowest BCUT2D eigenvalue weighted by molar-refractivity contribution is -0.125. The van der Waals surface area contributed by atoms with Gasteiger partial charge in [-0.05, 0) is 64.2 Å². The molecule has 4 heteroatoms. The summed E-state index contributed by atoms with van der Waals surface area (Å²) in [6.45, 7) is 3.05. The average Bonchev–Trinajstić information content (AvgIpc) is 3.43. The van der Waals surface area contributed by atoms with Gasteiger partial charge in [0, 0.05) is 24.7 Å². The van der Waals surface area contributed by atoms with E-state index < -0.39 is 0 Å². The van der Waals surface area contributed by atoms with Gasteiger partial charge in [0.1, 0.15) is 0 Å².